The summed E-state index contributed by atoms with van der Waals surface area (Å²) in [5.41, 5.74) is -4.01. The van der Waals surface area contributed by atoms with Gasteiger partial charge in [-0.05, 0) is 49.7 Å². The highest BCUT2D eigenvalue weighted by Gasteiger charge is 2.52. The summed E-state index contributed by atoms with van der Waals surface area (Å²) in [6.07, 6.45) is -5.07. The highest BCUT2D eigenvalue weighted by Crippen LogP contribution is 2.38. The second-order valence-corrected chi connectivity index (χ2v) is 8.97. The van der Waals surface area contributed by atoms with Gasteiger partial charge in [-0.25, -0.2) is 23.6 Å². The number of nitrogens with two attached hydrogens (primary N) is 1. The van der Waals surface area contributed by atoms with Gasteiger partial charge in [0.05, 0.1) is 23.5 Å². The maximum absolute atomic E-state index is 13.7. The summed E-state index contributed by atoms with van der Waals surface area (Å²) < 4.78 is 91.3. The van der Waals surface area contributed by atoms with Gasteiger partial charge in [0.2, 0.25) is 0 Å². The SMILES string of the molecule is CC1(C)C(=O)N(c2ccc(F)c(C(F)(F)F)c2)C(=O)N1Cc1ccc(F)cc1NS(N)(=O)=O. The fraction of sp³-hybridized carbons (Fsp3) is 0.263. The molecule has 3 amide bonds. The fourth-order valence-electron chi connectivity index (χ4n) is 3.30. The fourth-order valence-corrected chi connectivity index (χ4v) is 3.80. The number of amides is 3. The Morgan fingerprint density at radius 1 is 1.06 bits per heavy atom. The summed E-state index contributed by atoms with van der Waals surface area (Å²) in [6.45, 7) is 2.20. The molecule has 33 heavy (non-hydrogen) atoms. The zero-order chi connectivity index (χ0) is 24.9. The van der Waals surface area contributed by atoms with Gasteiger partial charge in [-0.15, -0.1) is 0 Å². The smallest absolute Gasteiger partial charge is 0.305 e. The van der Waals surface area contributed by atoms with Crippen LogP contribution in [0.1, 0.15) is 25.0 Å². The van der Waals surface area contributed by atoms with Gasteiger partial charge in [-0.1, -0.05) is 6.07 Å². The molecular weight excluding hydrogens is 475 g/mol. The van der Waals surface area contributed by atoms with E-state index in [9.17, 15) is 40.0 Å². The Bertz CT molecular complexity index is 1250. The Labute approximate surface area is 184 Å². The van der Waals surface area contributed by atoms with Gasteiger partial charge in [0.25, 0.3) is 16.1 Å². The third-order valence-electron chi connectivity index (χ3n) is 4.99. The van der Waals surface area contributed by atoms with E-state index in [4.69, 9.17) is 5.14 Å². The van der Waals surface area contributed by atoms with Crippen molar-refractivity contribution < 1.29 is 40.0 Å². The molecule has 1 fully saturated rings. The van der Waals surface area contributed by atoms with E-state index in [-0.39, 0.29) is 11.3 Å². The summed E-state index contributed by atoms with van der Waals surface area (Å²) in [7, 11) is -4.32. The number of carbonyl (C=O) groups is 2. The van der Waals surface area contributed by atoms with Crippen LogP contribution in [0.5, 0.6) is 0 Å². The number of halogens is 5. The third-order valence-corrected chi connectivity index (χ3v) is 5.49. The molecule has 0 saturated carbocycles. The van der Waals surface area contributed by atoms with Crippen molar-refractivity contribution in [1.82, 2.24) is 4.90 Å². The maximum Gasteiger partial charge on any atom is 0.419 e. The van der Waals surface area contributed by atoms with Crippen LogP contribution in [0.4, 0.5) is 38.1 Å². The van der Waals surface area contributed by atoms with Gasteiger partial charge in [0.1, 0.15) is 17.2 Å². The lowest BCUT2D eigenvalue weighted by Gasteiger charge is -2.28. The van der Waals surface area contributed by atoms with E-state index in [2.05, 4.69) is 0 Å². The number of imide groups is 1. The van der Waals surface area contributed by atoms with Gasteiger partial charge in [0, 0.05) is 0 Å². The van der Waals surface area contributed by atoms with Crippen molar-refractivity contribution in [2.75, 3.05) is 9.62 Å². The summed E-state index contributed by atoms with van der Waals surface area (Å²) in [6, 6.07) is 3.58. The van der Waals surface area contributed by atoms with Crippen molar-refractivity contribution in [3.8, 4) is 0 Å². The quantitative estimate of drug-likeness (QED) is 0.492. The molecular formula is C19H17F5N4O4S. The van der Waals surface area contributed by atoms with Gasteiger partial charge >= 0.3 is 12.2 Å². The molecule has 14 heteroatoms. The van der Waals surface area contributed by atoms with E-state index in [1.807, 2.05) is 4.72 Å². The van der Waals surface area contributed by atoms with Crippen LogP contribution in [0, 0.1) is 11.6 Å². The van der Waals surface area contributed by atoms with Crippen molar-refractivity contribution in [3.63, 3.8) is 0 Å². The topological polar surface area (TPSA) is 113 Å². The van der Waals surface area contributed by atoms with E-state index in [0.717, 1.165) is 29.2 Å². The normalized spacial score (nSPS) is 16.5. The molecule has 8 nitrogen and oxygen atoms in total. The largest absolute Gasteiger partial charge is 0.419 e. The Hall–Kier alpha value is -3.26. The summed E-state index contributed by atoms with van der Waals surface area (Å²) in [4.78, 5) is 27.4. The Balaban J connectivity index is 2.03. The molecule has 2 aromatic carbocycles. The molecule has 1 aliphatic rings. The first kappa shape index (κ1) is 24.4. The lowest BCUT2D eigenvalue weighted by atomic mass is 10.0. The van der Waals surface area contributed by atoms with E-state index >= 15 is 0 Å². The van der Waals surface area contributed by atoms with Crippen molar-refractivity contribution in [2.45, 2.75) is 32.1 Å². The highest BCUT2D eigenvalue weighted by atomic mass is 32.2. The Morgan fingerprint density at radius 3 is 2.27 bits per heavy atom. The lowest BCUT2D eigenvalue weighted by molar-refractivity contribution is -0.140. The number of alkyl halides is 3. The molecule has 0 spiro atoms. The van der Waals surface area contributed by atoms with Crippen molar-refractivity contribution >= 4 is 33.5 Å². The standard InChI is InChI=1S/C19H17F5N4O4S/c1-18(2)16(29)28(12-5-6-14(21)13(8-12)19(22,23)24)17(30)27(18)9-10-3-4-11(20)7-15(10)26-33(25,31)32/h3-8,26H,9H2,1-2H3,(H2,25,31,32). The van der Waals surface area contributed by atoms with E-state index in [0.29, 0.717) is 17.0 Å². The van der Waals surface area contributed by atoms with Gasteiger partial charge in [0.15, 0.2) is 0 Å². The maximum atomic E-state index is 13.7. The molecule has 1 heterocycles. The van der Waals surface area contributed by atoms with Crippen LogP contribution in [0.25, 0.3) is 0 Å². The van der Waals surface area contributed by atoms with Crippen LogP contribution in [0.3, 0.4) is 0 Å². The molecule has 3 N–H and O–H groups in total. The molecule has 0 unspecified atom stereocenters. The molecule has 1 aliphatic heterocycles. The monoisotopic (exact) mass is 492 g/mol. The predicted molar refractivity (Wildman–Crippen MR) is 107 cm³/mol. The number of anilines is 2. The number of hydrogen-bond donors (Lipinski definition) is 2. The molecule has 0 radical (unpaired) electrons. The lowest BCUT2D eigenvalue weighted by Crippen LogP contribution is -2.43. The van der Waals surface area contributed by atoms with Crippen LogP contribution in [0.15, 0.2) is 36.4 Å². The van der Waals surface area contributed by atoms with Gasteiger partial charge in [-0.3, -0.25) is 9.52 Å². The second kappa shape index (κ2) is 7.95. The number of carbonyl (C=O) groups excluding carboxylic acids is 2. The van der Waals surface area contributed by atoms with Crippen LogP contribution in [0.2, 0.25) is 0 Å². The zero-order valence-electron chi connectivity index (χ0n) is 17.1. The molecule has 2 aromatic rings. The minimum absolute atomic E-state index is 0.0524. The van der Waals surface area contributed by atoms with E-state index in [1.54, 1.807) is 0 Å². The molecule has 0 atom stereocenters. The molecule has 0 aliphatic carbocycles. The van der Waals surface area contributed by atoms with Crippen molar-refractivity contribution in [3.05, 3.63) is 59.2 Å². The number of rotatable bonds is 5. The first-order valence-electron chi connectivity index (χ1n) is 9.14. The molecule has 1 saturated heterocycles. The summed E-state index contributed by atoms with van der Waals surface area (Å²) in [5, 5.41) is 4.93. The summed E-state index contributed by atoms with van der Waals surface area (Å²) in [5.74, 6) is -3.30. The van der Waals surface area contributed by atoms with Crippen molar-refractivity contribution in [1.29, 1.82) is 0 Å². The minimum atomic E-state index is -5.07. The van der Waals surface area contributed by atoms with E-state index < -0.39 is 63.3 Å². The predicted octanol–water partition coefficient (Wildman–Crippen LogP) is 3.35. The second-order valence-electron chi connectivity index (χ2n) is 7.68. The summed E-state index contributed by atoms with van der Waals surface area (Å²) >= 11 is 0. The minimum Gasteiger partial charge on any atom is -0.305 e. The van der Waals surface area contributed by atoms with Crippen molar-refractivity contribution in [2.24, 2.45) is 5.14 Å². The Kier molecular flexibility index (Phi) is 5.87. The van der Waals surface area contributed by atoms with E-state index in [1.165, 1.54) is 13.8 Å². The van der Waals surface area contributed by atoms with Crippen LogP contribution in [-0.4, -0.2) is 30.8 Å². The van der Waals surface area contributed by atoms with Crippen LogP contribution < -0.4 is 14.8 Å². The van der Waals surface area contributed by atoms with Gasteiger partial charge < -0.3 is 4.90 Å². The number of urea groups is 1. The highest BCUT2D eigenvalue weighted by molar-refractivity contribution is 7.90. The number of nitrogens with one attached hydrogen (secondary N) is 1. The number of benzene rings is 2. The Morgan fingerprint density at radius 2 is 1.70 bits per heavy atom. The molecule has 3 rings (SSSR count). The average molecular weight is 492 g/mol. The molecule has 0 bridgehead atoms. The first-order chi connectivity index (χ1) is 15.0. The third kappa shape index (κ3) is 4.75. The zero-order valence-corrected chi connectivity index (χ0v) is 17.9. The molecule has 0 aromatic heterocycles. The van der Waals surface area contributed by atoms with Crippen LogP contribution in [-0.2, 0) is 27.7 Å². The number of nitrogens with zero attached hydrogens (tertiary/aromatic N) is 2. The number of hydrogen-bond acceptors (Lipinski definition) is 4. The van der Waals surface area contributed by atoms with Gasteiger partial charge in [-0.2, -0.15) is 21.6 Å². The van der Waals surface area contributed by atoms with Crippen LogP contribution >= 0.6 is 0 Å². The first-order valence-corrected chi connectivity index (χ1v) is 10.7. The average Bonchev–Trinajstić information content (AvgIpc) is 2.81. The molecule has 178 valence electrons.